The number of fused-ring (bicyclic) bond motifs is 4. The normalized spacial score (nSPS) is 11.5. The van der Waals surface area contributed by atoms with Crippen molar-refractivity contribution in [2.24, 2.45) is 0 Å². The minimum Gasteiger partial charge on any atom is -0.456 e. The Morgan fingerprint density at radius 2 is 0.957 bits per heavy atom. The van der Waals surface area contributed by atoms with E-state index in [1.165, 1.54) is 4.70 Å². The third-order valence-corrected chi connectivity index (χ3v) is 9.26. The van der Waals surface area contributed by atoms with Gasteiger partial charge in [0.05, 0.1) is 10.2 Å². The highest BCUT2D eigenvalue weighted by molar-refractivity contribution is 7.21. The van der Waals surface area contributed by atoms with Crippen molar-refractivity contribution < 1.29 is 4.42 Å². The van der Waals surface area contributed by atoms with Gasteiger partial charge in [0.25, 0.3) is 0 Å². The maximum atomic E-state index is 6.48. The Morgan fingerprint density at radius 3 is 1.65 bits per heavy atom. The zero-order chi connectivity index (χ0) is 30.5. The van der Waals surface area contributed by atoms with Crippen molar-refractivity contribution in [2.45, 2.75) is 0 Å². The van der Waals surface area contributed by atoms with Crippen LogP contribution in [0.5, 0.6) is 0 Å². The highest BCUT2D eigenvalue weighted by Gasteiger charge is 2.20. The van der Waals surface area contributed by atoms with Gasteiger partial charge in [0, 0.05) is 33.0 Å². The third-order valence-electron chi connectivity index (χ3n) is 8.18. The molecule has 216 valence electrons. The van der Waals surface area contributed by atoms with Crippen LogP contribution < -0.4 is 0 Å². The topological polar surface area (TPSA) is 64.7 Å². The summed E-state index contributed by atoms with van der Waals surface area (Å²) in [6.45, 7) is 0. The van der Waals surface area contributed by atoms with Crippen LogP contribution in [0.15, 0.2) is 150 Å². The van der Waals surface area contributed by atoms with Crippen molar-refractivity contribution in [3.8, 4) is 55.9 Å². The Morgan fingerprint density at radius 1 is 0.413 bits per heavy atom. The Balaban J connectivity index is 1.26. The number of nitrogens with zero attached hydrogens (tertiary/aromatic N) is 4. The van der Waals surface area contributed by atoms with Crippen LogP contribution in [-0.4, -0.2) is 19.9 Å². The molecule has 0 amide bonds. The summed E-state index contributed by atoms with van der Waals surface area (Å²) in [7, 11) is 0. The molecule has 46 heavy (non-hydrogen) atoms. The molecular weight excluding hydrogens is 585 g/mol. The van der Waals surface area contributed by atoms with E-state index < -0.39 is 0 Å². The largest absolute Gasteiger partial charge is 0.456 e. The number of thiazole rings is 1. The molecule has 0 atom stereocenters. The van der Waals surface area contributed by atoms with E-state index in [0.717, 1.165) is 65.8 Å². The van der Waals surface area contributed by atoms with Gasteiger partial charge in [-0.1, -0.05) is 115 Å². The van der Waals surface area contributed by atoms with Crippen LogP contribution in [0, 0.1) is 0 Å². The molecule has 0 N–H and O–H groups in total. The monoisotopic (exact) mass is 608 g/mol. The van der Waals surface area contributed by atoms with Gasteiger partial charge < -0.3 is 4.42 Å². The number of hydrogen-bond donors (Lipinski definition) is 0. The quantitative estimate of drug-likeness (QED) is 0.194. The van der Waals surface area contributed by atoms with E-state index in [-0.39, 0.29) is 0 Å². The Labute approximate surface area is 268 Å². The minimum absolute atomic E-state index is 0.596. The zero-order valence-electron chi connectivity index (χ0n) is 24.5. The number of hydrogen-bond acceptors (Lipinski definition) is 6. The molecule has 3 aromatic heterocycles. The standard InChI is InChI=1S/C40H24N4OS/c1-3-12-25(13-4-1)37-42-38(26-14-5-2-6-15-26)44-39(43-37)30-19-11-22-33-36(30)35-29(18-10-21-32(35)45-33)27-16-9-17-28(24-27)40-41-31-20-7-8-23-34(31)46-40/h1-24H. The summed E-state index contributed by atoms with van der Waals surface area (Å²) in [4.78, 5) is 19.9. The first-order valence-corrected chi connectivity index (χ1v) is 15.9. The highest BCUT2D eigenvalue weighted by Crippen LogP contribution is 2.42. The predicted molar refractivity (Wildman–Crippen MR) is 187 cm³/mol. The van der Waals surface area contributed by atoms with Crippen molar-refractivity contribution >= 4 is 43.5 Å². The second-order valence-electron chi connectivity index (χ2n) is 11.1. The first-order chi connectivity index (χ1) is 22.8. The molecule has 9 aromatic rings. The van der Waals surface area contributed by atoms with Gasteiger partial charge >= 0.3 is 0 Å². The third kappa shape index (κ3) is 4.55. The van der Waals surface area contributed by atoms with Crippen molar-refractivity contribution in [1.82, 2.24) is 19.9 Å². The molecular formula is C40H24N4OS. The fourth-order valence-corrected chi connectivity index (χ4v) is 7.00. The van der Waals surface area contributed by atoms with Gasteiger partial charge in [0.1, 0.15) is 16.2 Å². The van der Waals surface area contributed by atoms with Crippen molar-refractivity contribution in [2.75, 3.05) is 0 Å². The second kappa shape index (κ2) is 10.9. The molecule has 0 spiro atoms. The lowest BCUT2D eigenvalue weighted by atomic mass is 9.96. The van der Waals surface area contributed by atoms with Gasteiger partial charge in [-0.15, -0.1) is 11.3 Å². The molecule has 0 bridgehead atoms. The first-order valence-electron chi connectivity index (χ1n) is 15.1. The van der Waals surface area contributed by atoms with Gasteiger partial charge in [-0.2, -0.15) is 0 Å². The Bertz CT molecular complexity index is 2450. The lowest BCUT2D eigenvalue weighted by molar-refractivity contribution is 0.669. The number of aromatic nitrogens is 4. The Kier molecular flexibility index (Phi) is 6.25. The van der Waals surface area contributed by atoms with Crippen molar-refractivity contribution in [3.05, 3.63) is 146 Å². The molecule has 0 radical (unpaired) electrons. The van der Waals surface area contributed by atoms with E-state index >= 15 is 0 Å². The fourth-order valence-electron chi connectivity index (χ4n) is 6.04. The average Bonchev–Trinajstić information content (AvgIpc) is 3.74. The van der Waals surface area contributed by atoms with E-state index in [0.29, 0.717) is 17.5 Å². The summed E-state index contributed by atoms with van der Waals surface area (Å²) < 4.78 is 7.66. The summed E-state index contributed by atoms with van der Waals surface area (Å²) in [6, 6.07) is 49.3. The van der Waals surface area contributed by atoms with Crippen molar-refractivity contribution in [3.63, 3.8) is 0 Å². The van der Waals surface area contributed by atoms with Crippen LogP contribution in [0.2, 0.25) is 0 Å². The van der Waals surface area contributed by atoms with E-state index in [4.69, 9.17) is 24.4 Å². The van der Waals surface area contributed by atoms with E-state index in [9.17, 15) is 0 Å². The smallest absolute Gasteiger partial charge is 0.164 e. The molecule has 0 unspecified atom stereocenters. The van der Waals surface area contributed by atoms with Gasteiger partial charge in [-0.25, -0.2) is 19.9 Å². The van der Waals surface area contributed by atoms with E-state index in [1.54, 1.807) is 11.3 Å². The van der Waals surface area contributed by atoms with Crippen LogP contribution in [0.25, 0.3) is 88.0 Å². The van der Waals surface area contributed by atoms with Gasteiger partial charge in [-0.3, -0.25) is 0 Å². The maximum Gasteiger partial charge on any atom is 0.164 e. The summed E-state index contributed by atoms with van der Waals surface area (Å²) in [5.41, 5.74) is 8.61. The van der Waals surface area contributed by atoms with Gasteiger partial charge in [-0.05, 0) is 41.5 Å². The molecule has 5 nitrogen and oxygen atoms in total. The number of rotatable bonds is 5. The summed E-state index contributed by atoms with van der Waals surface area (Å²) in [6.07, 6.45) is 0. The molecule has 0 fully saturated rings. The molecule has 6 heteroatoms. The van der Waals surface area contributed by atoms with Crippen LogP contribution in [0.1, 0.15) is 0 Å². The lowest BCUT2D eigenvalue weighted by Gasteiger charge is -2.10. The van der Waals surface area contributed by atoms with Gasteiger partial charge in [0.15, 0.2) is 17.5 Å². The molecule has 0 aliphatic carbocycles. The molecule has 6 aromatic carbocycles. The SMILES string of the molecule is c1ccc(-c2nc(-c3ccccc3)nc(-c3cccc4oc5cccc(-c6cccc(-c7nc8ccccc8s7)c6)c5c34)n2)cc1. The van der Waals surface area contributed by atoms with Crippen LogP contribution in [-0.2, 0) is 0 Å². The first kappa shape index (κ1) is 26.4. The van der Waals surface area contributed by atoms with Crippen molar-refractivity contribution in [1.29, 1.82) is 0 Å². The van der Waals surface area contributed by atoms with Crippen LogP contribution in [0.3, 0.4) is 0 Å². The van der Waals surface area contributed by atoms with E-state index in [1.807, 2.05) is 91.0 Å². The molecule has 3 heterocycles. The molecule has 0 saturated heterocycles. The minimum atomic E-state index is 0.596. The number of benzene rings is 6. The molecule has 0 saturated carbocycles. The summed E-state index contributed by atoms with van der Waals surface area (Å²) in [5, 5.41) is 3.00. The van der Waals surface area contributed by atoms with Crippen LogP contribution >= 0.6 is 11.3 Å². The van der Waals surface area contributed by atoms with E-state index in [2.05, 4.69) is 54.6 Å². The summed E-state index contributed by atoms with van der Waals surface area (Å²) >= 11 is 1.71. The fraction of sp³-hybridized carbons (Fsp3) is 0. The molecule has 0 aliphatic rings. The van der Waals surface area contributed by atoms with Crippen LogP contribution in [0.4, 0.5) is 0 Å². The van der Waals surface area contributed by atoms with Gasteiger partial charge in [0.2, 0.25) is 0 Å². The number of furan rings is 1. The second-order valence-corrected chi connectivity index (χ2v) is 12.1. The molecule has 0 aliphatic heterocycles. The Hall–Kier alpha value is -5.98. The number of para-hydroxylation sites is 1. The zero-order valence-corrected chi connectivity index (χ0v) is 25.3. The highest BCUT2D eigenvalue weighted by atomic mass is 32.1. The summed E-state index contributed by atoms with van der Waals surface area (Å²) in [5.74, 6) is 1.84. The predicted octanol–water partition coefficient (Wildman–Crippen LogP) is 10.7. The lowest BCUT2D eigenvalue weighted by Crippen LogP contribution is -2.00. The molecule has 9 rings (SSSR count). The average molecular weight is 609 g/mol. The maximum absolute atomic E-state index is 6.48.